The number of aromatic nitrogens is 1. The lowest BCUT2D eigenvalue weighted by Gasteiger charge is -2.08. The highest BCUT2D eigenvalue weighted by Crippen LogP contribution is 2.30. The Balaban J connectivity index is 1.44. The number of hydrogen-bond acceptors (Lipinski definition) is 3. The van der Waals surface area contributed by atoms with Crippen LogP contribution in [0.15, 0.2) is 95.5 Å². The third-order valence-corrected chi connectivity index (χ3v) is 4.53. The van der Waals surface area contributed by atoms with Crippen LogP contribution < -0.4 is 5.32 Å². The number of anilines is 2. The minimum atomic E-state index is 0.673. The van der Waals surface area contributed by atoms with Gasteiger partial charge in [-0.3, -0.25) is 0 Å². The van der Waals surface area contributed by atoms with E-state index in [2.05, 4.69) is 71.0 Å². The molecule has 1 N–H and O–H groups in total. The van der Waals surface area contributed by atoms with Crippen molar-refractivity contribution < 1.29 is 4.42 Å². The van der Waals surface area contributed by atoms with E-state index in [1.54, 1.807) is 6.20 Å². The zero-order chi connectivity index (χ0) is 17.3. The molecule has 3 heteroatoms. The molecule has 0 unspecified atom stereocenters. The molecule has 0 aliphatic heterocycles. The maximum absolute atomic E-state index is 5.86. The van der Waals surface area contributed by atoms with Crippen LogP contribution >= 0.6 is 0 Å². The average molecular weight is 336 g/mol. The second-order valence-electron chi connectivity index (χ2n) is 6.24. The number of nitrogens with one attached hydrogen (secondary N) is 1. The maximum atomic E-state index is 5.86. The van der Waals surface area contributed by atoms with Crippen molar-refractivity contribution in [1.29, 1.82) is 0 Å². The molecule has 0 fully saturated rings. The van der Waals surface area contributed by atoms with Crippen molar-refractivity contribution in [2.75, 3.05) is 5.32 Å². The first kappa shape index (κ1) is 14.7. The number of rotatable bonds is 3. The lowest BCUT2D eigenvalue weighted by atomic mass is 10.1. The smallest absolute Gasteiger partial charge is 0.227 e. The van der Waals surface area contributed by atoms with Gasteiger partial charge in [0.25, 0.3) is 0 Å². The molecule has 3 nitrogen and oxygen atoms in total. The van der Waals surface area contributed by atoms with Gasteiger partial charge in [-0.1, -0.05) is 42.5 Å². The van der Waals surface area contributed by atoms with Crippen molar-refractivity contribution in [3.8, 4) is 11.1 Å². The zero-order valence-corrected chi connectivity index (χ0v) is 14.0. The summed E-state index contributed by atoms with van der Waals surface area (Å²) < 4.78 is 5.86. The Hall–Kier alpha value is -3.59. The van der Waals surface area contributed by atoms with Gasteiger partial charge in [0.05, 0.1) is 0 Å². The van der Waals surface area contributed by atoms with Gasteiger partial charge in [0.2, 0.25) is 5.71 Å². The monoisotopic (exact) mass is 336 g/mol. The first-order valence-electron chi connectivity index (χ1n) is 8.57. The van der Waals surface area contributed by atoms with Crippen LogP contribution in [-0.4, -0.2) is 4.98 Å². The summed E-state index contributed by atoms with van der Waals surface area (Å²) in [4.78, 5) is 4.28. The molecule has 0 radical (unpaired) electrons. The molecule has 0 saturated carbocycles. The second-order valence-corrected chi connectivity index (χ2v) is 6.24. The van der Waals surface area contributed by atoms with Crippen molar-refractivity contribution >= 4 is 33.4 Å². The fourth-order valence-corrected chi connectivity index (χ4v) is 3.23. The summed E-state index contributed by atoms with van der Waals surface area (Å²) in [5.41, 5.74) is 5.96. The van der Waals surface area contributed by atoms with E-state index < -0.39 is 0 Å². The molecule has 124 valence electrons. The molecule has 0 aliphatic rings. The lowest BCUT2D eigenvalue weighted by molar-refractivity contribution is 0.654. The van der Waals surface area contributed by atoms with Crippen LogP contribution in [0.1, 0.15) is 0 Å². The van der Waals surface area contributed by atoms with Crippen LogP contribution in [0.25, 0.3) is 33.2 Å². The minimum absolute atomic E-state index is 0.673. The highest BCUT2D eigenvalue weighted by molar-refractivity contribution is 6.04. The predicted molar refractivity (Wildman–Crippen MR) is 107 cm³/mol. The summed E-state index contributed by atoms with van der Waals surface area (Å²) in [5, 5.41) is 5.56. The Bertz CT molecular complexity index is 1190. The van der Waals surface area contributed by atoms with E-state index in [1.165, 1.54) is 11.1 Å². The summed E-state index contributed by atoms with van der Waals surface area (Å²) in [6.45, 7) is 0. The summed E-state index contributed by atoms with van der Waals surface area (Å²) in [7, 11) is 0. The highest BCUT2D eigenvalue weighted by atomic mass is 16.3. The summed E-state index contributed by atoms with van der Waals surface area (Å²) >= 11 is 0. The predicted octanol–water partition coefficient (Wildman–Crippen LogP) is 6.39. The molecule has 5 rings (SSSR count). The van der Waals surface area contributed by atoms with E-state index in [1.807, 2.05) is 24.3 Å². The Labute approximate surface area is 150 Å². The number of nitrogens with zero attached hydrogens (tertiary/aromatic N) is 1. The van der Waals surface area contributed by atoms with Crippen molar-refractivity contribution in [3.63, 3.8) is 0 Å². The van der Waals surface area contributed by atoms with Crippen LogP contribution in [0.3, 0.4) is 0 Å². The van der Waals surface area contributed by atoms with Gasteiger partial charge in [-0.25, -0.2) is 4.98 Å². The molecule has 0 saturated heterocycles. The van der Waals surface area contributed by atoms with Gasteiger partial charge in [-0.15, -0.1) is 0 Å². The van der Waals surface area contributed by atoms with Crippen molar-refractivity contribution in [3.05, 3.63) is 91.1 Å². The van der Waals surface area contributed by atoms with E-state index >= 15 is 0 Å². The van der Waals surface area contributed by atoms with Gasteiger partial charge in [0, 0.05) is 34.4 Å². The van der Waals surface area contributed by atoms with Crippen molar-refractivity contribution in [2.24, 2.45) is 0 Å². The first-order valence-corrected chi connectivity index (χ1v) is 8.57. The van der Waals surface area contributed by atoms with Gasteiger partial charge in [0.1, 0.15) is 5.58 Å². The number of benzene rings is 3. The van der Waals surface area contributed by atoms with Crippen molar-refractivity contribution in [2.45, 2.75) is 0 Å². The third-order valence-electron chi connectivity index (χ3n) is 4.53. The van der Waals surface area contributed by atoms with E-state index in [0.717, 1.165) is 27.7 Å². The molecule has 26 heavy (non-hydrogen) atoms. The molecule has 2 heterocycles. The van der Waals surface area contributed by atoms with Crippen LogP contribution in [0.4, 0.5) is 11.4 Å². The van der Waals surface area contributed by atoms with E-state index in [9.17, 15) is 0 Å². The molecule has 0 aliphatic carbocycles. The molecular weight excluding hydrogens is 320 g/mol. The molecule has 3 aromatic carbocycles. The largest absolute Gasteiger partial charge is 0.438 e. The molecular formula is C23H16N2O. The third kappa shape index (κ3) is 2.60. The normalized spacial score (nSPS) is 11.1. The number of hydrogen-bond donors (Lipinski definition) is 1. The molecule has 0 bridgehead atoms. The van der Waals surface area contributed by atoms with Gasteiger partial charge in [0.15, 0.2) is 0 Å². The van der Waals surface area contributed by atoms with Gasteiger partial charge >= 0.3 is 0 Å². The highest BCUT2D eigenvalue weighted by Gasteiger charge is 2.08. The summed E-state index contributed by atoms with van der Waals surface area (Å²) in [6, 6.07) is 28.9. The molecule has 2 aromatic heterocycles. The van der Waals surface area contributed by atoms with Crippen LogP contribution in [0.5, 0.6) is 0 Å². The standard InChI is InChI=1S/C23H16N2O/c1-2-5-16(6-3-1)17-8-10-18(11-9-17)25-19-12-13-20-21-7-4-14-24-23(21)26-22(20)15-19/h1-15,25H. The quantitative estimate of drug-likeness (QED) is 0.415. The first-order chi connectivity index (χ1) is 12.9. The second kappa shape index (κ2) is 6.05. The molecule has 0 atom stereocenters. The number of fused-ring (bicyclic) bond motifs is 3. The fourth-order valence-electron chi connectivity index (χ4n) is 3.23. The maximum Gasteiger partial charge on any atom is 0.227 e. The zero-order valence-electron chi connectivity index (χ0n) is 14.0. The lowest BCUT2D eigenvalue weighted by Crippen LogP contribution is -1.89. The Morgan fingerprint density at radius 1 is 0.654 bits per heavy atom. The SMILES string of the molecule is c1ccc(-c2ccc(Nc3ccc4c(c3)oc3ncccc34)cc2)cc1. The topological polar surface area (TPSA) is 38.1 Å². The van der Waals surface area contributed by atoms with Crippen LogP contribution in [0, 0.1) is 0 Å². The van der Waals surface area contributed by atoms with Crippen LogP contribution in [-0.2, 0) is 0 Å². The van der Waals surface area contributed by atoms with E-state index in [4.69, 9.17) is 4.42 Å². The molecule has 0 amide bonds. The average Bonchev–Trinajstić information content (AvgIpc) is 3.07. The number of furan rings is 1. The van der Waals surface area contributed by atoms with Gasteiger partial charge in [-0.2, -0.15) is 0 Å². The van der Waals surface area contributed by atoms with Crippen molar-refractivity contribution in [1.82, 2.24) is 4.98 Å². The number of pyridine rings is 1. The minimum Gasteiger partial charge on any atom is -0.438 e. The Morgan fingerprint density at radius 2 is 1.42 bits per heavy atom. The fraction of sp³-hybridized carbons (Fsp3) is 0. The Morgan fingerprint density at radius 3 is 2.27 bits per heavy atom. The van der Waals surface area contributed by atoms with Gasteiger partial charge in [-0.05, 0) is 47.5 Å². The summed E-state index contributed by atoms with van der Waals surface area (Å²) in [5.74, 6) is 0. The Kier molecular flexibility index (Phi) is 3.42. The van der Waals surface area contributed by atoms with Gasteiger partial charge < -0.3 is 9.73 Å². The molecule has 5 aromatic rings. The molecule has 0 spiro atoms. The van der Waals surface area contributed by atoms with E-state index in [-0.39, 0.29) is 0 Å². The summed E-state index contributed by atoms with van der Waals surface area (Å²) in [6.07, 6.45) is 1.75. The van der Waals surface area contributed by atoms with Crippen LogP contribution in [0.2, 0.25) is 0 Å². The van der Waals surface area contributed by atoms with E-state index in [0.29, 0.717) is 5.71 Å².